The molecule has 18 heavy (non-hydrogen) atoms. The molecular formula is C13H18BrN3O. The van der Waals surface area contributed by atoms with Gasteiger partial charge in [-0.25, -0.2) is 0 Å². The lowest BCUT2D eigenvalue weighted by Crippen LogP contribution is -2.44. The number of hydrogen-bond donors (Lipinski definition) is 1. The van der Waals surface area contributed by atoms with Gasteiger partial charge in [-0.05, 0) is 54.2 Å². The summed E-state index contributed by atoms with van der Waals surface area (Å²) in [6.07, 6.45) is 7.52. The van der Waals surface area contributed by atoms with Gasteiger partial charge in [0.1, 0.15) is 0 Å². The Labute approximate surface area is 116 Å². The first kappa shape index (κ1) is 13.5. The van der Waals surface area contributed by atoms with Crippen molar-refractivity contribution in [1.29, 1.82) is 0 Å². The molecule has 0 aromatic carbocycles. The molecule has 1 fully saturated rings. The molecule has 0 saturated carbocycles. The summed E-state index contributed by atoms with van der Waals surface area (Å²) in [5.41, 5.74) is 6.27. The van der Waals surface area contributed by atoms with E-state index >= 15 is 0 Å². The van der Waals surface area contributed by atoms with E-state index in [0.29, 0.717) is 12.1 Å². The monoisotopic (exact) mass is 311 g/mol. The first-order valence-electron chi connectivity index (χ1n) is 6.34. The van der Waals surface area contributed by atoms with E-state index in [1.807, 2.05) is 11.0 Å². The third-order valence-corrected chi connectivity index (χ3v) is 3.77. The quantitative estimate of drug-likeness (QED) is 0.931. The van der Waals surface area contributed by atoms with Gasteiger partial charge in [-0.3, -0.25) is 9.78 Å². The molecule has 1 aliphatic rings. The number of nitrogens with zero attached hydrogens (tertiary/aromatic N) is 2. The van der Waals surface area contributed by atoms with Crippen LogP contribution in [0.1, 0.15) is 36.0 Å². The maximum atomic E-state index is 12.5. The second-order valence-corrected chi connectivity index (χ2v) is 5.53. The number of aromatic nitrogens is 1. The van der Waals surface area contributed by atoms with E-state index in [4.69, 9.17) is 5.73 Å². The molecular weight excluding hydrogens is 294 g/mol. The van der Waals surface area contributed by atoms with Crippen LogP contribution in [0, 0.1) is 0 Å². The van der Waals surface area contributed by atoms with E-state index in [1.165, 1.54) is 6.42 Å². The molecule has 1 aromatic heterocycles. The number of piperidine rings is 1. The number of carbonyl (C=O) groups excluding carboxylic acids is 1. The van der Waals surface area contributed by atoms with Gasteiger partial charge in [0.25, 0.3) is 5.91 Å². The van der Waals surface area contributed by atoms with E-state index in [2.05, 4.69) is 20.9 Å². The summed E-state index contributed by atoms with van der Waals surface area (Å²) >= 11 is 3.35. The average molecular weight is 312 g/mol. The number of hydrogen-bond acceptors (Lipinski definition) is 3. The second-order valence-electron chi connectivity index (χ2n) is 4.62. The number of halogens is 1. The molecule has 0 bridgehead atoms. The van der Waals surface area contributed by atoms with Gasteiger partial charge in [-0.1, -0.05) is 0 Å². The minimum absolute atomic E-state index is 0.0713. The van der Waals surface area contributed by atoms with Crippen LogP contribution in [0.5, 0.6) is 0 Å². The Hall–Kier alpha value is -0.940. The van der Waals surface area contributed by atoms with Crippen LogP contribution < -0.4 is 5.73 Å². The molecule has 2 rings (SSSR count). The highest BCUT2D eigenvalue weighted by molar-refractivity contribution is 9.10. The molecule has 4 nitrogen and oxygen atoms in total. The Morgan fingerprint density at radius 2 is 2.33 bits per heavy atom. The fourth-order valence-corrected chi connectivity index (χ4v) is 2.82. The van der Waals surface area contributed by atoms with Gasteiger partial charge >= 0.3 is 0 Å². The molecule has 1 atom stereocenters. The zero-order valence-electron chi connectivity index (χ0n) is 10.3. The molecule has 0 spiro atoms. The molecule has 1 unspecified atom stereocenters. The third kappa shape index (κ3) is 3.09. The second kappa shape index (κ2) is 6.29. The topological polar surface area (TPSA) is 59.2 Å². The lowest BCUT2D eigenvalue weighted by Gasteiger charge is -2.35. The normalized spacial score (nSPS) is 19.9. The standard InChI is InChI=1S/C13H18BrN3O/c14-11-7-10(8-16-9-11)13(18)17-6-2-1-3-12(17)4-5-15/h7-9,12H,1-6,15H2. The van der Waals surface area contributed by atoms with Gasteiger partial charge in [0.05, 0.1) is 5.56 Å². The molecule has 1 aliphatic heterocycles. The highest BCUT2D eigenvalue weighted by Gasteiger charge is 2.26. The Morgan fingerprint density at radius 3 is 3.06 bits per heavy atom. The van der Waals surface area contributed by atoms with Crippen molar-refractivity contribution in [2.45, 2.75) is 31.7 Å². The van der Waals surface area contributed by atoms with Crippen LogP contribution in [-0.4, -0.2) is 34.9 Å². The van der Waals surface area contributed by atoms with Crippen molar-refractivity contribution in [3.8, 4) is 0 Å². The predicted molar refractivity (Wildman–Crippen MR) is 74.3 cm³/mol. The van der Waals surface area contributed by atoms with Crippen LogP contribution in [0.3, 0.4) is 0 Å². The van der Waals surface area contributed by atoms with Gasteiger partial charge in [0.2, 0.25) is 0 Å². The van der Waals surface area contributed by atoms with Gasteiger partial charge in [0.15, 0.2) is 0 Å². The first-order valence-corrected chi connectivity index (χ1v) is 7.13. The number of carbonyl (C=O) groups is 1. The SMILES string of the molecule is NCCC1CCCCN1C(=O)c1cncc(Br)c1. The molecule has 0 aliphatic carbocycles. The van der Waals surface area contributed by atoms with E-state index in [1.54, 1.807) is 12.4 Å². The van der Waals surface area contributed by atoms with Crippen LogP contribution in [0.15, 0.2) is 22.9 Å². The van der Waals surface area contributed by atoms with Gasteiger partial charge in [0, 0.05) is 29.5 Å². The highest BCUT2D eigenvalue weighted by atomic mass is 79.9. The van der Waals surface area contributed by atoms with Crippen molar-refractivity contribution in [2.75, 3.05) is 13.1 Å². The van der Waals surface area contributed by atoms with Crippen molar-refractivity contribution in [1.82, 2.24) is 9.88 Å². The van der Waals surface area contributed by atoms with E-state index in [0.717, 1.165) is 30.3 Å². The van der Waals surface area contributed by atoms with Gasteiger partial charge in [-0.2, -0.15) is 0 Å². The number of amides is 1. The zero-order chi connectivity index (χ0) is 13.0. The minimum atomic E-state index is 0.0713. The number of pyridine rings is 1. The van der Waals surface area contributed by atoms with Crippen LogP contribution in [0.2, 0.25) is 0 Å². The molecule has 2 N–H and O–H groups in total. The lowest BCUT2D eigenvalue weighted by molar-refractivity contribution is 0.0604. The highest BCUT2D eigenvalue weighted by Crippen LogP contribution is 2.22. The zero-order valence-corrected chi connectivity index (χ0v) is 11.9. The number of rotatable bonds is 3. The average Bonchev–Trinajstić information content (AvgIpc) is 2.39. The smallest absolute Gasteiger partial charge is 0.255 e. The van der Waals surface area contributed by atoms with Crippen molar-refractivity contribution < 1.29 is 4.79 Å². The predicted octanol–water partition coefficient (Wildman–Crippen LogP) is 2.19. The van der Waals surface area contributed by atoms with E-state index in [-0.39, 0.29) is 11.9 Å². The summed E-state index contributed by atoms with van der Waals surface area (Å²) < 4.78 is 0.834. The third-order valence-electron chi connectivity index (χ3n) is 3.34. The Morgan fingerprint density at radius 1 is 1.50 bits per heavy atom. The molecule has 1 amide bonds. The summed E-state index contributed by atoms with van der Waals surface area (Å²) in [7, 11) is 0. The maximum Gasteiger partial charge on any atom is 0.255 e. The van der Waals surface area contributed by atoms with Gasteiger partial charge in [-0.15, -0.1) is 0 Å². The maximum absolute atomic E-state index is 12.5. The largest absolute Gasteiger partial charge is 0.336 e. The van der Waals surface area contributed by atoms with Gasteiger partial charge < -0.3 is 10.6 Å². The van der Waals surface area contributed by atoms with Crippen molar-refractivity contribution in [3.05, 3.63) is 28.5 Å². The summed E-state index contributed by atoms with van der Waals surface area (Å²) in [6.45, 7) is 1.46. The molecule has 0 radical (unpaired) electrons. The van der Waals surface area contributed by atoms with Crippen molar-refractivity contribution >= 4 is 21.8 Å². The van der Waals surface area contributed by atoms with E-state index < -0.39 is 0 Å². The molecule has 5 heteroatoms. The fraction of sp³-hybridized carbons (Fsp3) is 0.538. The number of likely N-dealkylation sites (tertiary alicyclic amines) is 1. The minimum Gasteiger partial charge on any atom is -0.336 e. The Kier molecular flexibility index (Phi) is 4.72. The van der Waals surface area contributed by atoms with E-state index in [9.17, 15) is 4.79 Å². The van der Waals surface area contributed by atoms with Crippen LogP contribution in [0.4, 0.5) is 0 Å². The van der Waals surface area contributed by atoms with Crippen LogP contribution in [0.25, 0.3) is 0 Å². The van der Waals surface area contributed by atoms with Crippen molar-refractivity contribution in [3.63, 3.8) is 0 Å². The number of nitrogens with two attached hydrogens (primary N) is 1. The summed E-state index contributed by atoms with van der Waals surface area (Å²) in [5.74, 6) is 0.0713. The van der Waals surface area contributed by atoms with Crippen molar-refractivity contribution in [2.24, 2.45) is 5.73 Å². The summed E-state index contributed by atoms with van der Waals surface area (Å²) in [5, 5.41) is 0. The molecule has 1 aromatic rings. The Bertz CT molecular complexity index is 422. The molecule has 1 saturated heterocycles. The lowest BCUT2D eigenvalue weighted by atomic mass is 9.98. The fourth-order valence-electron chi connectivity index (χ4n) is 2.46. The first-order chi connectivity index (χ1) is 8.72. The molecule has 98 valence electrons. The van der Waals surface area contributed by atoms with Crippen LogP contribution in [-0.2, 0) is 0 Å². The summed E-state index contributed by atoms with van der Waals surface area (Å²) in [6, 6.07) is 2.11. The summed E-state index contributed by atoms with van der Waals surface area (Å²) in [4.78, 5) is 18.5. The Balaban J connectivity index is 2.15. The van der Waals surface area contributed by atoms with Crippen LogP contribution >= 0.6 is 15.9 Å². The molecule has 2 heterocycles.